The average molecular weight is 359 g/mol. The SMILES string of the molecule is CCc1ccc(CNC(=NCc2ccccc2)NCC(=O)N(C)C)s1. The fraction of sp³-hybridized carbons (Fsp3) is 0.368. The van der Waals surface area contributed by atoms with Gasteiger partial charge < -0.3 is 15.5 Å². The Hall–Kier alpha value is -2.34. The van der Waals surface area contributed by atoms with Gasteiger partial charge in [0.2, 0.25) is 5.91 Å². The van der Waals surface area contributed by atoms with Crippen LogP contribution in [0.1, 0.15) is 22.2 Å². The number of likely N-dealkylation sites (N-methyl/N-ethyl adjacent to an activating group) is 1. The maximum absolute atomic E-state index is 11.8. The van der Waals surface area contributed by atoms with Crippen LogP contribution in [0.15, 0.2) is 47.5 Å². The Morgan fingerprint density at radius 2 is 1.80 bits per heavy atom. The van der Waals surface area contributed by atoms with Crippen molar-refractivity contribution in [3.8, 4) is 0 Å². The number of hydrogen-bond donors (Lipinski definition) is 2. The Kier molecular flexibility index (Phi) is 7.47. The summed E-state index contributed by atoms with van der Waals surface area (Å²) in [5.74, 6) is 0.657. The second-order valence-electron chi connectivity index (χ2n) is 5.87. The van der Waals surface area contributed by atoms with Gasteiger partial charge in [0.05, 0.1) is 19.6 Å². The number of nitrogens with one attached hydrogen (secondary N) is 2. The van der Waals surface area contributed by atoms with Crippen molar-refractivity contribution in [3.63, 3.8) is 0 Å². The van der Waals surface area contributed by atoms with E-state index >= 15 is 0 Å². The summed E-state index contributed by atoms with van der Waals surface area (Å²) >= 11 is 1.80. The third-order valence-electron chi connectivity index (χ3n) is 3.66. The van der Waals surface area contributed by atoms with E-state index < -0.39 is 0 Å². The predicted molar refractivity (Wildman–Crippen MR) is 105 cm³/mol. The van der Waals surface area contributed by atoms with Crippen LogP contribution in [-0.2, 0) is 24.3 Å². The molecule has 0 unspecified atom stereocenters. The van der Waals surface area contributed by atoms with Crippen LogP contribution in [0.25, 0.3) is 0 Å². The summed E-state index contributed by atoms with van der Waals surface area (Å²) in [4.78, 5) is 20.6. The van der Waals surface area contributed by atoms with Crippen molar-refractivity contribution in [2.24, 2.45) is 4.99 Å². The molecule has 0 aliphatic carbocycles. The molecule has 134 valence electrons. The van der Waals surface area contributed by atoms with Crippen LogP contribution in [-0.4, -0.2) is 37.4 Å². The Labute approximate surface area is 153 Å². The van der Waals surface area contributed by atoms with Gasteiger partial charge in [-0.25, -0.2) is 4.99 Å². The van der Waals surface area contributed by atoms with E-state index in [1.165, 1.54) is 9.75 Å². The number of benzene rings is 1. The fourth-order valence-corrected chi connectivity index (χ4v) is 3.02. The molecule has 2 aromatic rings. The van der Waals surface area contributed by atoms with Crippen LogP contribution in [0.2, 0.25) is 0 Å². The van der Waals surface area contributed by atoms with Gasteiger partial charge in [0.1, 0.15) is 0 Å². The molecule has 1 aromatic carbocycles. The minimum absolute atomic E-state index is 0.0126. The lowest BCUT2D eigenvalue weighted by atomic mass is 10.2. The number of rotatable bonds is 7. The summed E-state index contributed by atoms with van der Waals surface area (Å²) in [7, 11) is 3.49. The van der Waals surface area contributed by atoms with Gasteiger partial charge in [-0.3, -0.25) is 4.79 Å². The van der Waals surface area contributed by atoms with Crippen LogP contribution in [0.3, 0.4) is 0 Å². The molecule has 0 fully saturated rings. The lowest BCUT2D eigenvalue weighted by Gasteiger charge is -2.14. The van der Waals surface area contributed by atoms with Crippen molar-refractivity contribution >= 4 is 23.2 Å². The predicted octanol–water partition coefficient (Wildman–Crippen LogP) is 2.63. The van der Waals surface area contributed by atoms with E-state index in [1.54, 1.807) is 30.3 Å². The molecular formula is C19H26N4OS. The molecule has 25 heavy (non-hydrogen) atoms. The van der Waals surface area contributed by atoms with Gasteiger partial charge in [-0.2, -0.15) is 0 Å². The molecule has 0 bridgehead atoms. The van der Waals surface area contributed by atoms with E-state index in [0.717, 1.165) is 12.0 Å². The molecule has 1 amide bonds. The number of aryl methyl sites for hydroxylation is 1. The number of aliphatic imine (C=N–C) groups is 1. The highest BCUT2D eigenvalue weighted by molar-refractivity contribution is 7.11. The molecule has 0 aliphatic rings. The Balaban J connectivity index is 1.98. The fourth-order valence-electron chi connectivity index (χ4n) is 2.12. The van der Waals surface area contributed by atoms with Crippen LogP contribution in [0, 0.1) is 0 Å². The summed E-state index contributed by atoms with van der Waals surface area (Å²) < 4.78 is 0. The highest BCUT2D eigenvalue weighted by Gasteiger charge is 2.07. The van der Waals surface area contributed by atoms with Gasteiger partial charge >= 0.3 is 0 Å². The van der Waals surface area contributed by atoms with E-state index in [-0.39, 0.29) is 12.5 Å². The Bertz CT molecular complexity index is 694. The topological polar surface area (TPSA) is 56.7 Å². The van der Waals surface area contributed by atoms with Crippen LogP contribution < -0.4 is 10.6 Å². The largest absolute Gasteiger partial charge is 0.351 e. The number of nitrogens with zero attached hydrogens (tertiary/aromatic N) is 2. The average Bonchev–Trinajstić information content (AvgIpc) is 3.09. The Morgan fingerprint density at radius 3 is 2.44 bits per heavy atom. The standard InChI is InChI=1S/C19H26N4OS/c1-4-16-10-11-17(25-16)13-21-19(22-14-18(24)23(2)3)20-12-15-8-6-5-7-9-15/h5-11H,4,12-14H2,1-3H3,(H2,20,21,22). The molecule has 0 saturated carbocycles. The van der Waals surface area contributed by atoms with Gasteiger partial charge in [-0.1, -0.05) is 37.3 Å². The molecule has 1 aromatic heterocycles. The van der Waals surface area contributed by atoms with Crippen molar-refractivity contribution in [3.05, 3.63) is 57.8 Å². The smallest absolute Gasteiger partial charge is 0.241 e. The van der Waals surface area contributed by atoms with Gasteiger partial charge in [0, 0.05) is 23.8 Å². The summed E-state index contributed by atoms with van der Waals surface area (Å²) in [6, 6.07) is 14.4. The minimum Gasteiger partial charge on any atom is -0.351 e. The molecular weight excluding hydrogens is 332 g/mol. The van der Waals surface area contributed by atoms with E-state index in [9.17, 15) is 4.79 Å². The third-order valence-corrected chi connectivity index (χ3v) is 4.89. The quantitative estimate of drug-likeness (QED) is 0.591. The highest BCUT2D eigenvalue weighted by atomic mass is 32.1. The highest BCUT2D eigenvalue weighted by Crippen LogP contribution is 2.16. The monoisotopic (exact) mass is 358 g/mol. The molecule has 2 rings (SSSR count). The molecule has 5 nitrogen and oxygen atoms in total. The van der Waals surface area contributed by atoms with Crippen LogP contribution >= 0.6 is 11.3 Å². The zero-order chi connectivity index (χ0) is 18.1. The van der Waals surface area contributed by atoms with Crippen molar-refractivity contribution in [2.75, 3.05) is 20.6 Å². The van der Waals surface area contributed by atoms with E-state index in [4.69, 9.17) is 0 Å². The lowest BCUT2D eigenvalue weighted by Crippen LogP contribution is -2.42. The molecule has 0 atom stereocenters. The molecule has 0 radical (unpaired) electrons. The third kappa shape index (κ3) is 6.58. The van der Waals surface area contributed by atoms with Gasteiger partial charge in [-0.15, -0.1) is 11.3 Å². The van der Waals surface area contributed by atoms with E-state index in [0.29, 0.717) is 19.0 Å². The van der Waals surface area contributed by atoms with Gasteiger partial charge in [0.25, 0.3) is 0 Å². The first-order valence-corrected chi connectivity index (χ1v) is 9.24. The summed E-state index contributed by atoms with van der Waals surface area (Å²) in [5.41, 5.74) is 1.13. The lowest BCUT2D eigenvalue weighted by molar-refractivity contribution is -0.127. The number of hydrogen-bond acceptors (Lipinski definition) is 3. The van der Waals surface area contributed by atoms with E-state index in [1.807, 2.05) is 30.3 Å². The van der Waals surface area contributed by atoms with Crippen molar-refractivity contribution in [2.45, 2.75) is 26.4 Å². The van der Waals surface area contributed by atoms with Gasteiger partial charge in [-0.05, 0) is 24.1 Å². The van der Waals surface area contributed by atoms with Crippen LogP contribution in [0.5, 0.6) is 0 Å². The number of guanidine groups is 1. The van der Waals surface area contributed by atoms with Crippen LogP contribution in [0.4, 0.5) is 0 Å². The van der Waals surface area contributed by atoms with Gasteiger partial charge in [0.15, 0.2) is 5.96 Å². The van der Waals surface area contributed by atoms with Crippen molar-refractivity contribution in [1.29, 1.82) is 0 Å². The second kappa shape index (κ2) is 9.84. The van der Waals surface area contributed by atoms with Crippen molar-refractivity contribution < 1.29 is 4.79 Å². The first-order chi connectivity index (χ1) is 12.1. The normalized spacial score (nSPS) is 11.2. The second-order valence-corrected chi connectivity index (χ2v) is 7.12. The maximum atomic E-state index is 11.8. The molecule has 1 heterocycles. The molecule has 0 aliphatic heterocycles. The summed E-state index contributed by atoms with van der Waals surface area (Å²) in [6.07, 6.45) is 1.05. The Morgan fingerprint density at radius 1 is 1.08 bits per heavy atom. The number of carbonyl (C=O) groups excluding carboxylic acids is 1. The van der Waals surface area contributed by atoms with E-state index in [2.05, 4.69) is 34.7 Å². The zero-order valence-corrected chi connectivity index (χ0v) is 15.9. The first-order valence-electron chi connectivity index (χ1n) is 8.42. The van der Waals surface area contributed by atoms with Crippen molar-refractivity contribution in [1.82, 2.24) is 15.5 Å². The molecule has 6 heteroatoms. The number of thiophene rings is 1. The minimum atomic E-state index is 0.0126. The first kappa shape index (κ1) is 19.0. The summed E-state index contributed by atoms with van der Waals surface area (Å²) in [6.45, 7) is 3.64. The summed E-state index contributed by atoms with van der Waals surface area (Å²) in [5, 5.41) is 6.43. The zero-order valence-electron chi connectivity index (χ0n) is 15.1. The molecule has 0 spiro atoms. The molecule has 2 N–H and O–H groups in total. The number of carbonyl (C=O) groups is 1. The molecule has 0 saturated heterocycles. The maximum Gasteiger partial charge on any atom is 0.241 e. The number of amides is 1.